The van der Waals surface area contributed by atoms with Gasteiger partial charge in [-0.05, 0) is 54.0 Å². The summed E-state index contributed by atoms with van der Waals surface area (Å²) >= 11 is 3.23. The van der Waals surface area contributed by atoms with Crippen molar-refractivity contribution >= 4 is 39.5 Å². The fraction of sp³-hybridized carbons (Fsp3) is 0.250. The number of rotatable bonds is 8. The van der Waals surface area contributed by atoms with E-state index in [9.17, 15) is 14.4 Å². The van der Waals surface area contributed by atoms with Crippen LogP contribution in [-0.2, 0) is 9.53 Å². The van der Waals surface area contributed by atoms with Gasteiger partial charge >= 0.3 is 12.0 Å². The van der Waals surface area contributed by atoms with Crippen molar-refractivity contribution in [2.24, 2.45) is 0 Å². The predicted molar refractivity (Wildman–Crippen MR) is 110 cm³/mol. The third-order valence-electron chi connectivity index (χ3n) is 3.48. The third kappa shape index (κ3) is 6.79. The number of hydrogen-bond donors (Lipinski definition) is 2. The molecule has 0 bridgehead atoms. The first kappa shape index (κ1) is 22.2. The Morgan fingerprint density at radius 1 is 0.966 bits per heavy atom. The second-order valence-electron chi connectivity index (χ2n) is 5.59. The number of benzene rings is 2. The number of amides is 3. The molecule has 0 aromatic heterocycles. The molecule has 0 heterocycles. The van der Waals surface area contributed by atoms with Gasteiger partial charge < -0.3 is 19.5 Å². The normalized spacial score (nSPS) is 10.0. The van der Waals surface area contributed by atoms with Crippen molar-refractivity contribution in [3.05, 3.63) is 52.5 Å². The van der Waals surface area contributed by atoms with E-state index in [4.69, 9.17) is 14.2 Å². The molecular weight excluding hydrogens is 444 g/mol. The van der Waals surface area contributed by atoms with E-state index >= 15 is 0 Å². The summed E-state index contributed by atoms with van der Waals surface area (Å²) in [4.78, 5) is 35.8. The number of nitrogens with one attached hydrogen (secondary N) is 2. The zero-order valence-electron chi connectivity index (χ0n) is 16.0. The van der Waals surface area contributed by atoms with Crippen LogP contribution in [0, 0.1) is 0 Å². The van der Waals surface area contributed by atoms with E-state index < -0.39 is 24.5 Å². The highest BCUT2D eigenvalue weighted by Gasteiger charge is 2.15. The quantitative estimate of drug-likeness (QED) is 0.576. The Labute approximate surface area is 176 Å². The molecule has 0 radical (unpaired) electrons. The molecule has 0 aliphatic rings. The number of hydrogen-bond acceptors (Lipinski definition) is 6. The SMILES string of the molecule is CCOc1ccc(NC(=O)NC(=O)COC(=O)c2ccccc2Br)cc1OCC. The summed E-state index contributed by atoms with van der Waals surface area (Å²) in [6.45, 7) is 3.99. The van der Waals surface area contributed by atoms with E-state index in [0.29, 0.717) is 34.9 Å². The van der Waals surface area contributed by atoms with Gasteiger partial charge in [-0.25, -0.2) is 9.59 Å². The maximum absolute atomic E-state index is 12.0. The van der Waals surface area contributed by atoms with Gasteiger partial charge in [0.1, 0.15) is 0 Å². The Balaban J connectivity index is 1.88. The van der Waals surface area contributed by atoms with Crippen LogP contribution in [0.5, 0.6) is 11.5 Å². The number of carbonyl (C=O) groups excluding carboxylic acids is 3. The molecule has 0 saturated heterocycles. The number of ether oxygens (including phenoxy) is 3. The van der Waals surface area contributed by atoms with Crippen LogP contribution < -0.4 is 20.1 Å². The molecule has 3 amide bonds. The minimum atomic E-state index is -0.765. The first-order valence-electron chi connectivity index (χ1n) is 8.86. The van der Waals surface area contributed by atoms with Crippen LogP contribution in [0.2, 0.25) is 0 Å². The van der Waals surface area contributed by atoms with Crippen molar-refractivity contribution in [2.45, 2.75) is 13.8 Å². The molecule has 0 aliphatic carbocycles. The van der Waals surface area contributed by atoms with E-state index in [1.807, 2.05) is 13.8 Å². The van der Waals surface area contributed by atoms with Gasteiger partial charge in [0.2, 0.25) is 0 Å². The molecule has 9 heteroatoms. The highest BCUT2D eigenvalue weighted by molar-refractivity contribution is 9.10. The van der Waals surface area contributed by atoms with Crippen LogP contribution >= 0.6 is 15.9 Å². The fourth-order valence-electron chi connectivity index (χ4n) is 2.29. The van der Waals surface area contributed by atoms with Crippen LogP contribution in [0.25, 0.3) is 0 Å². The Kier molecular flexibility index (Phi) is 8.47. The lowest BCUT2D eigenvalue weighted by Crippen LogP contribution is -2.37. The lowest BCUT2D eigenvalue weighted by Gasteiger charge is -2.13. The standard InChI is InChI=1S/C20H21BrN2O6/c1-3-27-16-10-9-13(11-17(16)28-4-2)22-20(26)23-18(24)12-29-19(25)14-7-5-6-8-15(14)21/h5-11H,3-4,12H2,1-2H3,(H2,22,23,24,26). The van der Waals surface area contributed by atoms with Crippen LogP contribution in [0.4, 0.5) is 10.5 Å². The molecule has 2 N–H and O–H groups in total. The Morgan fingerprint density at radius 3 is 2.34 bits per heavy atom. The van der Waals surface area contributed by atoms with Crippen LogP contribution in [0.15, 0.2) is 46.9 Å². The molecule has 2 aromatic rings. The summed E-state index contributed by atoms with van der Waals surface area (Å²) in [5.41, 5.74) is 0.690. The van der Waals surface area contributed by atoms with E-state index in [-0.39, 0.29) is 5.56 Å². The number of anilines is 1. The Morgan fingerprint density at radius 2 is 1.66 bits per heavy atom. The molecule has 0 spiro atoms. The van der Waals surface area contributed by atoms with Crippen molar-refractivity contribution in [1.82, 2.24) is 5.32 Å². The first-order valence-corrected chi connectivity index (χ1v) is 9.66. The fourth-order valence-corrected chi connectivity index (χ4v) is 2.74. The summed E-state index contributed by atoms with van der Waals surface area (Å²) in [5, 5.41) is 4.61. The van der Waals surface area contributed by atoms with Gasteiger partial charge in [0.15, 0.2) is 18.1 Å². The molecule has 154 valence electrons. The Hall–Kier alpha value is -3.07. The molecule has 2 aromatic carbocycles. The number of carbonyl (C=O) groups is 3. The average molecular weight is 465 g/mol. The number of halogens is 1. The number of imide groups is 1. The smallest absolute Gasteiger partial charge is 0.339 e. The first-order chi connectivity index (χ1) is 13.9. The molecule has 8 nitrogen and oxygen atoms in total. The maximum Gasteiger partial charge on any atom is 0.339 e. The van der Waals surface area contributed by atoms with Gasteiger partial charge in [-0.3, -0.25) is 10.1 Å². The van der Waals surface area contributed by atoms with Gasteiger partial charge in [0.25, 0.3) is 5.91 Å². The predicted octanol–water partition coefficient (Wildman–Crippen LogP) is 3.75. The lowest BCUT2D eigenvalue weighted by molar-refractivity contribution is -0.123. The van der Waals surface area contributed by atoms with E-state index in [1.165, 1.54) is 0 Å². The van der Waals surface area contributed by atoms with Crippen molar-refractivity contribution < 1.29 is 28.6 Å². The summed E-state index contributed by atoms with van der Waals surface area (Å²) in [7, 11) is 0. The molecule has 0 atom stereocenters. The molecule has 0 saturated carbocycles. The van der Waals surface area contributed by atoms with E-state index in [1.54, 1.807) is 42.5 Å². The largest absolute Gasteiger partial charge is 0.490 e. The van der Waals surface area contributed by atoms with Crippen molar-refractivity contribution in [3.63, 3.8) is 0 Å². The van der Waals surface area contributed by atoms with Crippen molar-refractivity contribution in [3.8, 4) is 11.5 Å². The number of urea groups is 1. The van der Waals surface area contributed by atoms with Gasteiger partial charge in [0.05, 0.1) is 18.8 Å². The molecule has 0 aliphatic heterocycles. The van der Waals surface area contributed by atoms with Crippen LogP contribution in [-0.4, -0.2) is 37.7 Å². The van der Waals surface area contributed by atoms with E-state index in [2.05, 4.69) is 26.6 Å². The summed E-state index contributed by atoms with van der Waals surface area (Å²) < 4.78 is 16.4. The zero-order chi connectivity index (χ0) is 21.2. The number of esters is 1. The summed E-state index contributed by atoms with van der Waals surface area (Å²) in [6.07, 6.45) is 0. The van der Waals surface area contributed by atoms with Gasteiger partial charge in [-0.1, -0.05) is 12.1 Å². The second-order valence-corrected chi connectivity index (χ2v) is 6.44. The minimum Gasteiger partial charge on any atom is -0.490 e. The molecular formula is C20H21BrN2O6. The van der Waals surface area contributed by atoms with Gasteiger partial charge in [0, 0.05) is 16.2 Å². The highest BCUT2D eigenvalue weighted by atomic mass is 79.9. The second kappa shape index (κ2) is 11.1. The third-order valence-corrected chi connectivity index (χ3v) is 4.17. The van der Waals surface area contributed by atoms with Crippen LogP contribution in [0.1, 0.15) is 24.2 Å². The molecule has 29 heavy (non-hydrogen) atoms. The van der Waals surface area contributed by atoms with Gasteiger partial charge in [-0.2, -0.15) is 0 Å². The van der Waals surface area contributed by atoms with Gasteiger partial charge in [-0.15, -0.1) is 0 Å². The summed E-state index contributed by atoms with van der Waals surface area (Å²) in [6, 6.07) is 10.7. The van der Waals surface area contributed by atoms with Crippen molar-refractivity contribution in [2.75, 3.05) is 25.1 Å². The van der Waals surface area contributed by atoms with E-state index in [0.717, 1.165) is 0 Å². The maximum atomic E-state index is 12.0. The minimum absolute atomic E-state index is 0.280. The lowest BCUT2D eigenvalue weighted by atomic mass is 10.2. The molecule has 2 rings (SSSR count). The van der Waals surface area contributed by atoms with Crippen molar-refractivity contribution in [1.29, 1.82) is 0 Å². The average Bonchev–Trinajstić information content (AvgIpc) is 2.68. The monoisotopic (exact) mass is 464 g/mol. The zero-order valence-corrected chi connectivity index (χ0v) is 17.6. The molecule has 0 unspecified atom stereocenters. The topological polar surface area (TPSA) is 103 Å². The van der Waals surface area contributed by atoms with Crippen LogP contribution in [0.3, 0.4) is 0 Å². The summed E-state index contributed by atoms with van der Waals surface area (Å²) in [5.74, 6) is -0.420. The molecule has 0 fully saturated rings. The Bertz CT molecular complexity index is 887. The highest BCUT2D eigenvalue weighted by Crippen LogP contribution is 2.30.